The Balaban J connectivity index is 2.07. The van der Waals surface area contributed by atoms with Crippen molar-refractivity contribution < 1.29 is 0 Å². The predicted octanol–water partition coefficient (Wildman–Crippen LogP) is 3.70. The molecule has 0 aromatic heterocycles. The minimum absolute atomic E-state index is 0.350. The van der Waals surface area contributed by atoms with Crippen LogP contribution >= 0.6 is 0 Å². The van der Waals surface area contributed by atoms with Crippen LogP contribution in [0, 0.1) is 13.8 Å². The van der Waals surface area contributed by atoms with Gasteiger partial charge in [0.05, 0.1) is 0 Å². The number of hydrogen-bond donors (Lipinski definition) is 1. The van der Waals surface area contributed by atoms with E-state index in [1.54, 1.807) is 0 Å². The molecule has 0 saturated carbocycles. The first-order chi connectivity index (χ1) is 10.1. The molecule has 0 bridgehead atoms. The van der Waals surface area contributed by atoms with Gasteiger partial charge in [-0.05, 0) is 50.2 Å². The van der Waals surface area contributed by atoms with Crippen LogP contribution in [0.3, 0.4) is 0 Å². The number of likely N-dealkylation sites (N-methyl/N-ethyl adjacent to an activating group) is 1. The van der Waals surface area contributed by atoms with Crippen molar-refractivity contribution in [3.05, 3.63) is 70.8 Å². The second-order valence-corrected chi connectivity index (χ2v) is 6.03. The summed E-state index contributed by atoms with van der Waals surface area (Å²) < 4.78 is 0. The van der Waals surface area contributed by atoms with Gasteiger partial charge >= 0.3 is 0 Å². The molecule has 0 aliphatic rings. The summed E-state index contributed by atoms with van der Waals surface area (Å²) in [6.45, 7) is 6.22. The van der Waals surface area contributed by atoms with Crippen LogP contribution < -0.4 is 5.32 Å². The molecule has 0 saturated heterocycles. The highest BCUT2D eigenvalue weighted by molar-refractivity contribution is 5.30. The minimum atomic E-state index is 0.350. The lowest BCUT2D eigenvalue weighted by Gasteiger charge is -2.23. The van der Waals surface area contributed by atoms with Gasteiger partial charge < -0.3 is 10.2 Å². The lowest BCUT2D eigenvalue weighted by atomic mass is 10.0. The van der Waals surface area contributed by atoms with Crippen molar-refractivity contribution in [2.45, 2.75) is 26.4 Å². The Morgan fingerprint density at radius 3 is 2.29 bits per heavy atom. The third kappa shape index (κ3) is 4.69. The van der Waals surface area contributed by atoms with Crippen molar-refractivity contribution >= 4 is 0 Å². The fourth-order valence-corrected chi connectivity index (χ4v) is 2.49. The van der Waals surface area contributed by atoms with Crippen molar-refractivity contribution in [3.8, 4) is 0 Å². The molecule has 1 unspecified atom stereocenters. The molecule has 2 aromatic carbocycles. The van der Waals surface area contributed by atoms with E-state index in [0.717, 1.165) is 13.1 Å². The van der Waals surface area contributed by atoms with E-state index >= 15 is 0 Å². The molecule has 1 atom stereocenters. The minimum Gasteiger partial charge on any atom is -0.308 e. The average molecular weight is 282 g/mol. The van der Waals surface area contributed by atoms with Gasteiger partial charge in [0.2, 0.25) is 0 Å². The van der Waals surface area contributed by atoms with E-state index in [1.165, 1.54) is 22.3 Å². The third-order valence-corrected chi connectivity index (χ3v) is 3.87. The first-order valence-corrected chi connectivity index (χ1v) is 7.55. The van der Waals surface area contributed by atoms with Crippen LogP contribution in [0.25, 0.3) is 0 Å². The third-order valence-electron chi connectivity index (χ3n) is 3.87. The maximum absolute atomic E-state index is 3.69. The van der Waals surface area contributed by atoms with Gasteiger partial charge in [-0.1, -0.05) is 48.5 Å². The van der Waals surface area contributed by atoms with Crippen molar-refractivity contribution in [2.24, 2.45) is 0 Å². The van der Waals surface area contributed by atoms with Gasteiger partial charge in [-0.2, -0.15) is 0 Å². The van der Waals surface area contributed by atoms with E-state index in [4.69, 9.17) is 0 Å². The van der Waals surface area contributed by atoms with E-state index in [-0.39, 0.29) is 0 Å². The molecule has 1 N–H and O–H groups in total. The van der Waals surface area contributed by atoms with E-state index in [2.05, 4.69) is 86.7 Å². The molecule has 0 fully saturated rings. The number of rotatable bonds is 6. The fourth-order valence-electron chi connectivity index (χ4n) is 2.49. The molecular weight excluding hydrogens is 256 g/mol. The molecule has 21 heavy (non-hydrogen) atoms. The standard InChI is InChI=1S/C19H26N2/c1-15-10-11-17(12-16(15)2)13-20-19(14-21(3)4)18-8-6-5-7-9-18/h5-12,19-20H,13-14H2,1-4H3. The van der Waals surface area contributed by atoms with Gasteiger partial charge in [-0.25, -0.2) is 0 Å². The first-order valence-electron chi connectivity index (χ1n) is 7.55. The normalized spacial score (nSPS) is 12.6. The number of nitrogens with zero attached hydrogens (tertiary/aromatic N) is 1. The zero-order valence-electron chi connectivity index (χ0n) is 13.6. The van der Waals surface area contributed by atoms with Crippen LogP contribution in [-0.4, -0.2) is 25.5 Å². The van der Waals surface area contributed by atoms with E-state index in [9.17, 15) is 0 Å². The van der Waals surface area contributed by atoms with Crippen LogP contribution in [-0.2, 0) is 6.54 Å². The molecule has 0 heterocycles. The molecule has 0 aliphatic heterocycles. The van der Waals surface area contributed by atoms with Gasteiger partial charge in [-0.3, -0.25) is 0 Å². The second kappa shape index (κ2) is 7.39. The van der Waals surface area contributed by atoms with Crippen LogP contribution in [0.1, 0.15) is 28.3 Å². The second-order valence-electron chi connectivity index (χ2n) is 6.03. The van der Waals surface area contributed by atoms with Crippen LogP contribution in [0.5, 0.6) is 0 Å². The monoisotopic (exact) mass is 282 g/mol. The molecule has 2 heteroatoms. The molecule has 2 aromatic rings. The first kappa shape index (κ1) is 15.7. The van der Waals surface area contributed by atoms with Crippen LogP contribution in [0.4, 0.5) is 0 Å². The summed E-state index contributed by atoms with van der Waals surface area (Å²) in [5.74, 6) is 0. The van der Waals surface area contributed by atoms with Crippen molar-refractivity contribution in [1.82, 2.24) is 10.2 Å². The molecule has 112 valence electrons. The number of benzene rings is 2. The Hall–Kier alpha value is -1.64. The number of hydrogen-bond acceptors (Lipinski definition) is 2. The zero-order chi connectivity index (χ0) is 15.2. The number of nitrogens with one attached hydrogen (secondary N) is 1. The number of aryl methyl sites for hydroxylation is 2. The molecule has 0 amide bonds. The van der Waals surface area contributed by atoms with Gasteiger partial charge in [0.1, 0.15) is 0 Å². The summed E-state index contributed by atoms with van der Waals surface area (Å²) in [5.41, 5.74) is 5.40. The van der Waals surface area contributed by atoms with Crippen LogP contribution in [0.15, 0.2) is 48.5 Å². The topological polar surface area (TPSA) is 15.3 Å². The van der Waals surface area contributed by atoms with Gasteiger partial charge in [0.25, 0.3) is 0 Å². The molecule has 2 rings (SSSR count). The molecule has 0 radical (unpaired) electrons. The Labute approximate surface area is 128 Å². The van der Waals surface area contributed by atoms with Crippen molar-refractivity contribution in [1.29, 1.82) is 0 Å². The highest BCUT2D eigenvalue weighted by atomic mass is 15.1. The largest absolute Gasteiger partial charge is 0.308 e. The maximum atomic E-state index is 3.69. The van der Waals surface area contributed by atoms with Crippen LogP contribution in [0.2, 0.25) is 0 Å². The summed E-state index contributed by atoms with van der Waals surface area (Å²) in [7, 11) is 4.24. The summed E-state index contributed by atoms with van der Waals surface area (Å²) in [4.78, 5) is 2.23. The summed E-state index contributed by atoms with van der Waals surface area (Å²) in [6, 6.07) is 17.7. The van der Waals surface area contributed by atoms with Crippen molar-refractivity contribution in [2.75, 3.05) is 20.6 Å². The zero-order valence-corrected chi connectivity index (χ0v) is 13.6. The maximum Gasteiger partial charge on any atom is 0.0451 e. The SMILES string of the molecule is Cc1ccc(CNC(CN(C)C)c2ccccc2)cc1C. The predicted molar refractivity (Wildman–Crippen MR) is 90.5 cm³/mol. The molecule has 0 aliphatic carbocycles. The molecule has 2 nitrogen and oxygen atoms in total. The van der Waals surface area contributed by atoms with E-state index in [0.29, 0.717) is 6.04 Å². The summed E-state index contributed by atoms with van der Waals surface area (Å²) in [6.07, 6.45) is 0. The highest BCUT2D eigenvalue weighted by Crippen LogP contribution is 2.15. The smallest absolute Gasteiger partial charge is 0.0451 e. The Morgan fingerprint density at radius 1 is 0.952 bits per heavy atom. The van der Waals surface area contributed by atoms with E-state index < -0.39 is 0 Å². The van der Waals surface area contributed by atoms with Gasteiger partial charge in [0.15, 0.2) is 0 Å². The van der Waals surface area contributed by atoms with Gasteiger partial charge in [-0.15, -0.1) is 0 Å². The van der Waals surface area contributed by atoms with E-state index in [1.807, 2.05) is 0 Å². The summed E-state index contributed by atoms with van der Waals surface area (Å²) in [5, 5.41) is 3.69. The lowest BCUT2D eigenvalue weighted by Crippen LogP contribution is -2.30. The Bertz CT molecular complexity index is 561. The Kier molecular flexibility index (Phi) is 5.54. The Morgan fingerprint density at radius 2 is 1.67 bits per heavy atom. The molecule has 0 spiro atoms. The molecular formula is C19H26N2. The highest BCUT2D eigenvalue weighted by Gasteiger charge is 2.11. The quantitative estimate of drug-likeness (QED) is 0.869. The van der Waals surface area contributed by atoms with Crippen molar-refractivity contribution in [3.63, 3.8) is 0 Å². The average Bonchev–Trinajstić information content (AvgIpc) is 2.47. The van der Waals surface area contributed by atoms with Gasteiger partial charge in [0, 0.05) is 19.1 Å². The summed E-state index contributed by atoms with van der Waals surface area (Å²) >= 11 is 0. The lowest BCUT2D eigenvalue weighted by molar-refractivity contribution is 0.340. The fraction of sp³-hybridized carbons (Fsp3) is 0.368.